The molecule has 1 N–H and O–H groups in total. The lowest BCUT2D eigenvalue weighted by Gasteiger charge is -2.32. The maximum Gasteiger partial charge on any atom is 0.123 e. The van der Waals surface area contributed by atoms with E-state index >= 15 is 0 Å². The molecule has 0 heterocycles. The van der Waals surface area contributed by atoms with Gasteiger partial charge in [0, 0.05) is 17.6 Å². The number of benzene rings is 1. The summed E-state index contributed by atoms with van der Waals surface area (Å²) in [7, 11) is 2.02. The van der Waals surface area contributed by atoms with Crippen LogP contribution in [0.5, 0.6) is 5.75 Å². The van der Waals surface area contributed by atoms with E-state index in [1.165, 1.54) is 18.2 Å². The third kappa shape index (κ3) is 3.70. The molecular weight excluding hydrogens is 229 g/mol. The lowest BCUT2D eigenvalue weighted by atomic mass is 10.00. The number of phenols is 1. The van der Waals surface area contributed by atoms with Gasteiger partial charge < -0.3 is 5.11 Å². The van der Waals surface area contributed by atoms with E-state index in [4.69, 9.17) is 0 Å². The molecule has 0 radical (unpaired) electrons. The van der Waals surface area contributed by atoms with Crippen LogP contribution in [0.1, 0.15) is 45.7 Å². The second-order valence-electron chi connectivity index (χ2n) is 5.52. The topological polar surface area (TPSA) is 23.5 Å². The summed E-state index contributed by atoms with van der Waals surface area (Å²) in [6, 6.07) is 4.50. The largest absolute Gasteiger partial charge is 0.508 e. The molecular formula is C15H24FNO. The van der Waals surface area contributed by atoms with Crippen molar-refractivity contribution in [2.75, 3.05) is 7.05 Å². The Labute approximate surface area is 109 Å². The van der Waals surface area contributed by atoms with E-state index in [0.717, 1.165) is 6.42 Å². The molecule has 2 atom stereocenters. The molecule has 1 aromatic rings. The van der Waals surface area contributed by atoms with Crippen molar-refractivity contribution in [3.05, 3.63) is 29.6 Å². The SMILES string of the molecule is CC(C)CC(C)N(C)C(C)c1cc(F)ccc1O. The van der Waals surface area contributed by atoms with Crippen molar-refractivity contribution in [3.8, 4) is 5.75 Å². The second-order valence-corrected chi connectivity index (χ2v) is 5.52. The normalized spacial score (nSPS) is 15.1. The van der Waals surface area contributed by atoms with Crippen LogP contribution in [-0.2, 0) is 0 Å². The summed E-state index contributed by atoms with van der Waals surface area (Å²) >= 11 is 0. The summed E-state index contributed by atoms with van der Waals surface area (Å²) in [5.41, 5.74) is 0.646. The fraction of sp³-hybridized carbons (Fsp3) is 0.600. The summed E-state index contributed by atoms with van der Waals surface area (Å²) in [6.45, 7) is 8.53. The smallest absolute Gasteiger partial charge is 0.123 e. The molecule has 0 saturated carbocycles. The van der Waals surface area contributed by atoms with Crippen molar-refractivity contribution >= 4 is 0 Å². The van der Waals surface area contributed by atoms with Gasteiger partial charge >= 0.3 is 0 Å². The highest BCUT2D eigenvalue weighted by Crippen LogP contribution is 2.30. The lowest BCUT2D eigenvalue weighted by Crippen LogP contribution is -2.32. The van der Waals surface area contributed by atoms with Gasteiger partial charge in [0.2, 0.25) is 0 Å². The summed E-state index contributed by atoms with van der Waals surface area (Å²) < 4.78 is 13.3. The van der Waals surface area contributed by atoms with Gasteiger partial charge in [-0.2, -0.15) is 0 Å². The fourth-order valence-electron chi connectivity index (χ4n) is 2.31. The first-order chi connectivity index (χ1) is 8.32. The van der Waals surface area contributed by atoms with Crippen LogP contribution in [0, 0.1) is 11.7 Å². The number of halogens is 1. The molecule has 1 rings (SSSR count). The predicted octanol–water partition coefficient (Wildman–Crippen LogP) is 3.96. The molecule has 18 heavy (non-hydrogen) atoms. The minimum atomic E-state index is -0.306. The van der Waals surface area contributed by atoms with E-state index in [9.17, 15) is 9.50 Å². The number of aromatic hydroxyl groups is 1. The predicted molar refractivity (Wildman–Crippen MR) is 73.2 cm³/mol. The van der Waals surface area contributed by atoms with Crippen LogP contribution in [0.2, 0.25) is 0 Å². The van der Waals surface area contributed by atoms with E-state index in [1.54, 1.807) is 0 Å². The Hall–Kier alpha value is -1.09. The maximum absolute atomic E-state index is 13.3. The molecule has 1 aromatic carbocycles. The first-order valence-corrected chi connectivity index (χ1v) is 6.53. The molecule has 0 bridgehead atoms. The van der Waals surface area contributed by atoms with Crippen LogP contribution >= 0.6 is 0 Å². The van der Waals surface area contributed by atoms with E-state index in [2.05, 4.69) is 25.7 Å². The Morgan fingerprint density at radius 3 is 2.39 bits per heavy atom. The zero-order chi connectivity index (χ0) is 13.9. The molecule has 0 spiro atoms. The summed E-state index contributed by atoms with van der Waals surface area (Å²) in [5, 5.41) is 9.82. The van der Waals surface area contributed by atoms with Gasteiger partial charge in [0.05, 0.1) is 0 Å². The van der Waals surface area contributed by atoms with Gasteiger partial charge in [-0.15, -0.1) is 0 Å². The lowest BCUT2D eigenvalue weighted by molar-refractivity contribution is 0.173. The van der Waals surface area contributed by atoms with E-state index in [0.29, 0.717) is 17.5 Å². The summed E-state index contributed by atoms with van der Waals surface area (Å²) in [6.07, 6.45) is 1.08. The molecule has 0 fully saturated rings. The van der Waals surface area contributed by atoms with Crippen molar-refractivity contribution in [1.82, 2.24) is 4.90 Å². The molecule has 0 aliphatic rings. The zero-order valence-electron chi connectivity index (χ0n) is 11.9. The fourth-order valence-corrected chi connectivity index (χ4v) is 2.31. The van der Waals surface area contributed by atoms with Crippen LogP contribution in [0.15, 0.2) is 18.2 Å². The van der Waals surface area contributed by atoms with Gasteiger partial charge in [-0.3, -0.25) is 4.90 Å². The average Bonchev–Trinajstić information content (AvgIpc) is 2.29. The molecule has 0 aliphatic heterocycles. The first kappa shape index (κ1) is 15.0. The average molecular weight is 253 g/mol. The molecule has 0 saturated heterocycles. The number of nitrogens with zero attached hydrogens (tertiary/aromatic N) is 1. The van der Waals surface area contributed by atoms with Gasteiger partial charge in [-0.25, -0.2) is 4.39 Å². The number of hydrogen-bond donors (Lipinski definition) is 1. The van der Waals surface area contributed by atoms with E-state index in [1.807, 2.05) is 14.0 Å². The molecule has 0 amide bonds. The van der Waals surface area contributed by atoms with Crippen molar-refractivity contribution in [1.29, 1.82) is 0 Å². The molecule has 102 valence electrons. The van der Waals surface area contributed by atoms with Crippen LogP contribution in [0.4, 0.5) is 4.39 Å². The van der Waals surface area contributed by atoms with E-state index in [-0.39, 0.29) is 17.6 Å². The third-order valence-electron chi connectivity index (χ3n) is 3.56. The number of rotatable bonds is 5. The van der Waals surface area contributed by atoms with Gasteiger partial charge in [0.1, 0.15) is 11.6 Å². The number of phenolic OH excluding ortho intramolecular Hbond substituents is 1. The van der Waals surface area contributed by atoms with Crippen molar-refractivity contribution in [3.63, 3.8) is 0 Å². The monoisotopic (exact) mass is 253 g/mol. The van der Waals surface area contributed by atoms with Crippen molar-refractivity contribution < 1.29 is 9.50 Å². The van der Waals surface area contributed by atoms with Gasteiger partial charge in [0.25, 0.3) is 0 Å². The minimum absolute atomic E-state index is 0.00514. The second kappa shape index (κ2) is 6.19. The first-order valence-electron chi connectivity index (χ1n) is 6.53. The molecule has 0 aromatic heterocycles. The summed E-state index contributed by atoms with van der Waals surface area (Å²) in [4.78, 5) is 2.18. The third-order valence-corrected chi connectivity index (χ3v) is 3.56. The van der Waals surface area contributed by atoms with Crippen LogP contribution in [-0.4, -0.2) is 23.1 Å². The molecule has 2 nitrogen and oxygen atoms in total. The summed E-state index contributed by atoms with van der Waals surface area (Å²) in [5.74, 6) is 0.475. The Balaban J connectivity index is 2.85. The maximum atomic E-state index is 13.3. The van der Waals surface area contributed by atoms with Gasteiger partial charge in [0.15, 0.2) is 0 Å². The van der Waals surface area contributed by atoms with Gasteiger partial charge in [-0.1, -0.05) is 13.8 Å². The highest BCUT2D eigenvalue weighted by molar-refractivity contribution is 5.34. The Morgan fingerprint density at radius 2 is 1.83 bits per heavy atom. The Kier molecular flexibility index (Phi) is 5.15. The quantitative estimate of drug-likeness (QED) is 0.858. The van der Waals surface area contributed by atoms with Gasteiger partial charge in [-0.05, 0) is 51.4 Å². The zero-order valence-corrected chi connectivity index (χ0v) is 11.9. The van der Waals surface area contributed by atoms with Crippen LogP contribution in [0.3, 0.4) is 0 Å². The van der Waals surface area contributed by atoms with Crippen LogP contribution < -0.4 is 0 Å². The molecule has 2 unspecified atom stereocenters. The van der Waals surface area contributed by atoms with Crippen molar-refractivity contribution in [2.45, 2.75) is 46.2 Å². The standard InChI is InChI=1S/C15H24FNO/c1-10(2)8-11(3)17(5)12(4)14-9-13(16)6-7-15(14)18/h6-7,9-12,18H,8H2,1-5H3. The highest BCUT2D eigenvalue weighted by atomic mass is 19.1. The molecule has 3 heteroatoms. The Bertz CT molecular complexity index is 392. The Morgan fingerprint density at radius 1 is 1.22 bits per heavy atom. The van der Waals surface area contributed by atoms with Crippen LogP contribution in [0.25, 0.3) is 0 Å². The number of hydrogen-bond acceptors (Lipinski definition) is 2. The van der Waals surface area contributed by atoms with Crippen molar-refractivity contribution in [2.24, 2.45) is 5.92 Å². The highest BCUT2D eigenvalue weighted by Gasteiger charge is 2.20. The molecule has 0 aliphatic carbocycles. The minimum Gasteiger partial charge on any atom is -0.508 e. The van der Waals surface area contributed by atoms with E-state index < -0.39 is 0 Å².